The second kappa shape index (κ2) is 5.64. The fraction of sp³-hybridized carbons (Fsp3) is 0.308. The number of anilines is 1. The van der Waals surface area contributed by atoms with Gasteiger partial charge in [-0.3, -0.25) is 0 Å². The fourth-order valence-corrected chi connectivity index (χ4v) is 2.58. The fourth-order valence-electron chi connectivity index (χ4n) is 1.83. The van der Waals surface area contributed by atoms with Crippen molar-refractivity contribution in [2.45, 2.75) is 25.3 Å². The van der Waals surface area contributed by atoms with Crippen LogP contribution in [0.3, 0.4) is 0 Å². The molecular formula is C13H18N4O2S. The number of benzene rings is 1. The van der Waals surface area contributed by atoms with Crippen molar-refractivity contribution in [1.29, 1.82) is 0 Å². The summed E-state index contributed by atoms with van der Waals surface area (Å²) in [7, 11) is -2.03. The molecule has 1 heterocycles. The molecule has 2 aromatic rings. The lowest BCUT2D eigenvalue weighted by molar-refractivity contribution is 0.588. The zero-order valence-electron chi connectivity index (χ0n) is 11.7. The number of H-pyrrole nitrogens is 1. The highest BCUT2D eigenvalue weighted by Gasteiger charge is 2.12. The second-order valence-electron chi connectivity index (χ2n) is 4.53. The molecule has 7 heteroatoms. The third-order valence-electron chi connectivity index (χ3n) is 3.01. The molecule has 108 valence electrons. The van der Waals surface area contributed by atoms with Gasteiger partial charge in [0.2, 0.25) is 10.0 Å². The van der Waals surface area contributed by atoms with Crippen LogP contribution in [-0.2, 0) is 16.6 Å². The summed E-state index contributed by atoms with van der Waals surface area (Å²) in [6, 6.07) is 5.00. The van der Waals surface area contributed by atoms with Gasteiger partial charge in [0.1, 0.15) is 5.82 Å². The first-order valence-corrected chi connectivity index (χ1v) is 7.69. The maximum Gasteiger partial charge on any atom is 0.240 e. The maximum absolute atomic E-state index is 11.8. The van der Waals surface area contributed by atoms with Crippen molar-refractivity contribution in [3.63, 3.8) is 0 Å². The molecule has 0 aliphatic rings. The molecule has 0 radical (unpaired) electrons. The Morgan fingerprint density at radius 3 is 2.65 bits per heavy atom. The Hall–Kier alpha value is -1.86. The Labute approximate surface area is 118 Å². The Morgan fingerprint density at radius 1 is 1.30 bits per heavy atom. The standard InChI is InChI=1S/C13H18N4O2S/c1-9-4-5-12(20(18,19)14-3)6-13(9)16-8-11-7-15-10(2)17-11/h4-7,14,16H,8H2,1-3H3,(H,15,17). The molecule has 0 saturated carbocycles. The van der Waals surface area contributed by atoms with E-state index in [4.69, 9.17) is 0 Å². The van der Waals surface area contributed by atoms with Crippen LogP contribution in [0.2, 0.25) is 0 Å². The van der Waals surface area contributed by atoms with Crippen molar-refractivity contribution in [2.75, 3.05) is 12.4 Å². The van der Waals surface area contributed by atoms with E-state index < -0.39 is 10.0 Å². The first-order valence-electron chi connectivity index (χ1n) is 6.21. The van der Waals surface area contributed by atoms with Gasteiger partial charge in [-0.2, -0.15) is 0 Å². The number of aromatic nitrogens is 2. The second-order valence-corrected chi connectivity index (χ2v) is 6.42. The topological polar surface area (TPSA) is 86.9 Å². The summed E-state index contributed by atoms with van der Waals surface area (Å²) >= 11 is 0. The highest BCUT2D eigenvalue weighted by Crippen LogP contribution is 2.20. The maximum atomic E-state index is 11.8. The molecule has 0 unspecified atom stereocenters. The van der Waals surface area contributed by atoms with Crippen LogP contribution in [-0.4, -0.2) is 25.4 Å². The van der Waals surface area contributed by atoms with Crippen LogP contribution in [0.4, 0.5) is 5.69 Å². The molecule has 0 saturated heterocycles. The highest BCUT2D eigenvalue weighted by molar-refractivity contribution is 7.89. The summed E-state index contributed by atoms with van der Waals surface area (Å²) in [5, 5.41) is 3.22. The third-order valence-corrected chi connectivity index (χ3v) is 4.42. The molecule has 6 nitrogen and oxygen atoms in total. The van der Waals surface area contributed by atoms with Gasteiger partial charge in [0, 0.05) is 5.69 Å². The van der Waals surface area contributed by atoms with E-state index in [1.165, 1.54) is 7.05 Å². The Kier molecular flexibility index (Phi) is 4.10. The molecule has 0 bridgehead atoms. The van der Waals surface area contributed by atoms with Crippen LogP contribution >= 0.6 is 0 Å². The number of hydrogen-bond acceptors (Lipinski definition) is 4. The first kappa shape index (κ1) is 14.5. The number of sulfonamides is 1. The minimum Gasteiger partial charge on any atom is -0.379 e. The van der Waals surface area contributed by atoms with Gasteiger partial charge in [0.25, 0.3) is 0 Å². The van der Waals surface area contributed by atoms with Crippen molar-refractivity contribution in [2.24, 2.45) is 0 Å². The molecule has 0 fully saturated rings. The van der Waals surface area contributed by atoms with Gasteiger partial charge in [-0.25, -0.2) is 18.1 Å². The molecule has 0 aliphatic heterocycles. The van der Waals surface area contributed by atoms with Crippen LogP contribution in [0.25, 0.3) is 0 Å². The Balaban J connectivity index is 2.21. The average Bonchev–Trinajstić information content (AvgIpc) is 2.83. The number of hydrogen-bond donors (Lipinski definition) is 3. The molecule has 1 aromatic carbocycles. The summed E-state index contributed by atoms with van der Waals surface area (Å²) in [6.45, 7) is 4.37. The van der Waals surface area contributed by atoms with Crippen LogP contribution in [0.5, 0.6) is 0 Å². The van der Waals surface area contributed by atoms with Gasteiger partial charge in [0.15, 0.2) is 0 Å². The smallest absolute Gasteiger partial charge is 0.240 e. The number of rotatable bonds is 5. The van der Waals surface area contributed by atoms with E-state index in [1.807, 2.05) is 13.8 Å². The molecule has 0 atom stereocenters. The number of aryl methyl sites for hydroxylation is 2. The summed E-state index contributed by atoms with van der Waals surface area (Å²) in [5.41, 5.74) is 2.72. The van der Waals surface area contributed by atoms with Gasteiger partial charge in [-0.1, -0.05) is 6.07 Å². The number of aromatic amines is 1. The lowest BCUT2D eigenvalue weighted by atomic mass is 10.2. The van der Waals surface area contributed by atoms with Crippen LogP contribution in [0.1, 0.15) is 17.1 Å². The minimum atomic E-state index is -3.43. The van der Waals surface area contributed by atoms with E-state index in [1.54, 1.807) is 24.4 Å². The van der Waals surface area contributed by atoms with Gasteiger partial charge in [-0.15, -0.1) is 0 Å². The first-order chi connectivity index (χ1) is 9.42. The third kappa shape index (κ3) is 3.17. The lowest BCUT2D eigenvalue weighted by Crippen LogP contribution is -2.18. The number of nitrogens with zero attached hydrogens (tertiary/aromatic N) is 1. The number of imidazole rings is 1. The van der Waals surface area contributed by atoms with Gasteiger partial charge >= 0.3 is 0 Å². The van der Waals surface area contributed by atoms with Gasteiger partial charge in [-0.05, 0) is 38.6 Å². The van der Waals surface area contributed by atoms with E-state index >= 15 is 0 Å². The molecule has 0 amide bonds. The van der Waals surface area contributed by atoms with E-state index in [2.05, 4.69) is 20.0 Å². The summed E-state index contributed by atoms with van der Waals surface area (Å²) in [5.74, 6) is 0.852. The Bertz CT molecular complexity index is 707. The number of nitrogens with one attached hydrogen (secondary N) is 3. The molecule has 3 N–H and O–H groups in total. The van der Waals surface area contributed by atoms with Crippen LogP contribution in [0.15, 0.2) is 29.3 Å². The summed E-state index contributed by atoms with van der Waals surface area (Å²) in [6.07, 6.45) is 1.76. The minimum absolute atomic E-state index is 0.244. The van der Waals surface area contributed by atoms with E-state index in [0.29, 0.717) is 6.54 Å². The molecular weight excluding hydrogens is 276 g/mol. The van der Waals surface area contributed by atoms with Gasteiger partial charge in [0.05, 0.1) is 23.3 Å². The zero-order valence-corrected chi connectivity index (χ0v) is 12.5. The quantitative estimate of drug-likeness (QED) is 0.781. The summed E-state index contributed by atoms with van der Waals surface area (Å²) in [4.78, 5) is 7.48. The lowest BCUT2D eigenvalue weighted by Gasteiger charge is -2.11. The normalized spacial score (nSPS) is 11.6. The largest absolute Gasteiger partial charge is 0.379 e. The van der Waals surface area contributed by atoms with Crippen molar-refractivity contribution >= 4 is 15.7 Å². The molecule has 2 rings (SSSR count). The zero-order chi connectivity index (χ0) is 14.8. The van der Waals surface area contributed by atoms with E-state index in [0.717, 1.165) is 22.8 Å². The van der Waals surface area contributed by atoms with Gasteiger partial charge < -0.3 is 10.3 Å². The molecule has 20 heavy (non-hydrogen) atoms. The summed E-state index contributed by atoms with van der Waals surface area (Å²) < 4.78 is 25.9. The molecule has 0 aliphatic carbocycles. The van der Waals surface area contributed by atoms with Crippen molar-refractivity contribution in [3.05, 3.63) is 41.5 Å². The van der Waals surface area contributed by atoms with Crippen molar-refractivity contribution in [1.82, 2.24) is 14.7 Å². The monoisotopic (exact) mass is 294 g/mol. The van der Waals surface area contributed by atoms with E-state index in [9.17, 15) is 8.42 Å². The average molecular weight is 294 g/mol. The predicted octanol–water partition coefficient (Wildman–Crippen LogP) is 1.55. The van der Waals surface area contributed by atoms with Crippen LogP contribution < -0.4 is 10.0 Å². The Morgan fingerprint density at radius 2 is 2.05 bits per heavy atom. The van der Waals surface area contributed by atoms with E-state index in [-0.39, 0.29) is 4.90 Å². The van der Waals surface area contributed by atoms with Crippen molar-refractivity contribution in [3.8, 4) is 0 Å². The van der Waals surface area contributed by atoms with Crippen molar-refractivity contribution < 1.29 is 8.42 Å². The predicted molar refractivity (Wildman–Crippen MR) is 78.1 cm³/mol. The van der Waals surface area contributed by atoms with Crippen LogP contribution in [0, 0.1) is 13.8 Å². The molecule has 1 aromatic heterocycles. The SMILES string of the molecule is CNS(=O)(=O)c1ccc(C)c(NCc2cnc(C)[nH]2)c1. The molecule has 0 spiro atoms. The highest BCUT2D eigenvalue weighted by atomic mass is 32.2.